The molecule has 0 spiro atoms. The summed E-state index contributed by atoms with van der Waals surface area (Å²) in [6.07, 6.45) is 0.505. The summed E-state index contributed by atoms with van der Waals surface area (Å²) in [6, 6.07) is 7.10. The van der Waals surface area contributed by atoms with E-state index in [1.165, 1.54) is 21.1 Å². The van der Waals surface area contributed by atoms with Crippen LogP contribution in [0.4, 0.5) is 0 Å². The molecular weight excluding hydrogens is 362 g/mol. The summed E-state index contributed by atoms with van der Waals surface area (Å²) in [7, 11) is -0.133. The lowest BCUT2D eigenvalue weighted by Crippen LogP contribution is -2.45. The first-order chi connectivity index (χ1) is 12.2. The normalized spacial score (nSPS) is 16.7. The second kappa shape index (κ2) is 6.61. The van der Waals surface area contributed by atoms with Crippen molar-refractivity contribution in [1.29, 1.82) is 0 Å². The first-order valence-electron chi connectivity index (χ1n) is 7.83. The van der Waals surface area contributed by atoms with Crippen LogP contribution in [0.2, 0.25) is 0 Å². The molecule has 0 amide bonds. The number of rotatable bonds is 4. The largest absolute Gasteiger partial charge is 0.486 e. The van der Waals surface area contributed by atoms with E-state index in [0.29, 0.717) is 11.5 Å². The number of aryl methyl sites for hydroxylation is 1. The average molecular weight is 381 g/mol. The van der Waals surface area contributed by atoms with Crippen LogP contribution < -0.4 is 20.7 Å². The maximum absolute atomic E-state index is 12.8. The van der Waals surface area contributed by atoms with Crippen LogP contribution in [-0.4, -0.2) is 48.2 Å². The van der Waals surface area contributed by atoms with Crippen LogP contribution in [0.15, 0.2) is 44.9 Å². The fourth-order valence-electron chi connectivity index (χ4n) is 2.66. The van der Waals surface area contributed by atoms with Gasteiger partial charge in [0.05, 0.1) is 6.54 Å². The highest BCUT2D eigenvalue weighted by atomic mass is 32.2. The van der Waals surface area contributed by atoms with Gasteiger partial charge in [0.2, 0.25) is 10.0 Å². The van der Waals surface area contributed by atoms with Crippen molar-refractivity contribution < 1.29 is 17.9 Å². The van der Waals surface area contributed by atoms with Crippen molar-refractivity contribution in [2.75, 3.05) is 20.2 Å². The number of fused-ring (bicyclic) bond motifs is 1. The highest BCUT2D eigenvalue weighted by molar-refractivity contribution is 7.89. The molecule has 0 aliphatic carbocycles. The Hall–Kier alpha value is -2.59. The molecule has 2 aromatic rings. The second-order valence-corrected chi connectivity index (χ2v) is 8.05. The molecular formula is C16H19N3O6S. The van der Waals surface area contributed by atoms with Crippen LogP contribution in [0.25, 0.3) is 0 Å². The number of nitrogens with zero attached hydrogens (tertiary/aromatic N) is 3. The molecule has 0 saturated carbocycles. The Balaban J connectivity index is 1.85. The summed E-state index contributed by atoms with van der Waals surface area (Å²) < 4.78 is 39.8. The molecule has 0 unspecified atom stereocenters. The number of benzene rings is 1. The first kappa shape index (κ1) is 18.2. The summed E-state index contributed by atoms with van der Waals surface area (Å²) in [5.41, 5.74) is -1.47. The summed E-state index contributed by atoms with van der Waals surface area (Å²) in [5, 5.41) is 0. The monoisotopic (exact) mass is 381 g/mol. The van der Waals surface area contributed by atoms with Gasteiger partial charge in [-0.05, 0) is 12.1 Å². The van der Waals surface area contributed by atoms with Crippen LogP contribution >= 0.6 is 0 Å². The Bertz CT molecular complexity index is 1060. The SMILES string of the molecule is CN(C[C@@H]1COc2ccccc2O1)S(=O)(=O)c1cn(C)c(=O)n(C)c1=O. The van der Waals surface area contributed by atoms with Crippen molar-refractivity contribution in [2.24, 2.45) is 14.1 Å². The number of aromatic nitrogens is 2. The van der Waals surface area contributed by atoms with E-state index < -0.39 is 32.3 Å². The third-order valence-corrected chi connectivity index (χ3v) is 5.94. The van der Waals surface area contributed by atoms with Crippen LogP contribution in [0, 0.1) is 0 Å². The van der Waals surface area contributed by atoms with Gasteiger partial charge < -0.3 is 14.0 Å². The van der Waals surface area contributed by atoms with E-state index in [4.69, 9.17) is 9.47 Å². The molecule has 26 heavy (non-hydrogen) atoms. The van der Waals surface area contributed by atoms with Gasteiger partial charge in [0.25, 0.3) is 5.56 Å². The maximum Gasteiger partial charge on any atom is 0.330 e. The van der Waals surface area contributed by atoms with Crippen molar-refractivity contribution in [3.05, 3.63) is 51.3 Å². The number of para-hydroxylation sites is 2. The van der Waals surface area contributed by atoms with E-state index in [1.54, 1.807) is 18.2 Å². The van der Waals surface area contributed by atoms with Gasteiger partial charge in [-0.2, -0.15) is 4.31 Å². The number of sulfonamides is 1. The van der Waals surface area contributed by atoms with E-state index in [1.807, 2.05) is 6.07 Å². The quantitative estimate of drug-likeness (QED) is 0.711. The van der Waals surface area contributed by atoms with Gasteiger partial charge in [-0.15, -0.1) is 0 Å². The predicted octanol–water partition coefficient (Wildman–Crippen LogP) is -0.455. The molecule has 0 fully saturated rings. The highest BCUT2D eigenvalue weighted by Gasteiger charge is 2.30. The molecule has 10 heteroatoms. The fraction of sp³-hybridized carbons (Fsp3) is 0.375. The standard InChI is InChI=1S/C16H19N3O6S/c1-17-9-14(15(20)19(3)16(17)21)26(22,23)18(2)8-11-10-24-12-6-4-5-7-13(12)25-11/h4-7,9,11H,8,10H2,1-3H3/t11-/m1/s1. The topological polar surface area (TPSA) is 99.8 Å². The van der Waals surface area contributed by atoms with Gasteiger partial charge in [-0.3, -0.25) is 9.36 Å². The van der Waals surface area contributed by atoms with Crippen LogP contribution in [0.1, 0.15) is 0 Å². The number of hydrogen-bond acceptors (Lipinski definition) is 6. The van der Waals surface area contributed by atoms with E-state index in [0.717, 1.165) is 19.6 Å². The molecule has 1 aliphatic heterocycles. The zero-order chi connectivity index (χ0) is 19.1. The zero-order valence-corrected chi connectivity index (χ0v) is 15.4. The summed E-state index contributed by atoms with van der Waals surface area (Å²) in [4.78, 5) is 23.5. The lowest BCUT2D eigenvalue weighted by Gasteiger charge is -2.29. The molecule has 0 bridgehead atoms. The Morgan fingerprint density at radius 2 is 1.85 bits per heavy atom. The summed E-state index contributed by atoms with van der Waals surface area (Å²) in [5.74, 6) is 1.13. The number of ether oxygens (including phenoxy) is 2. The number of likely N-dealkylation sites (N-methyl/N-ethyl adjacent to an activating group) is 1. The zero-order valence-electron chi connectivity index (χ0n) is 14.6. The minimum absolute atomic E-state index is 0.0112. The van der Waals surface area contributed by atoms with Gasteiger partial charge in [-0.25, -0.2) is 13.2 Å². The minimum atomic E-state index is -4.10. The molecule has 9 nitrogen and oxygen atoms in total. The lowest BCUT2D eigenvalue weighted by molar-refractivity contribution is 0.0798. The molecule has 1 aliphatic rings. The second-order valence-electron chi connectivity index (χ2n) is 6.03. The lowest BCUT2D eigenvalue weighted by atomic mass is 10.2. The van der Waals surface area contributed by atoms with E-state index in [-0.39, 0.29) is 13.2 Å². The fourth-order valence-corrected chi connectivity index (χ4v) is 4.01. The van der Waals surface area contributed by atoms with Crippen molar-refractivity contribution in [2.45, 2.75) is 11.0 Å². The van der Waals surface area contributed by atoms with E-state index >= 15 is 0 Å². The minimum Gasteiger partial charge on any atom is -0.486 e. The first-order valence-corrected chi connectivity index (χ1v) is 9.27. The van der Waals surface area contributed by atoms with Gasteiger partial charge in [-0.1, -0.05) is 12.1 Å². The van der Waals surface area contributed by atoms with Crippen molar-refractivity contribution in [1.82, 2.24) is 13.4 Å². The van der Waals surface area contributed by atoms with E-state index in [9.17, 15) is 18.0 Å². The third kappa shape index (κ3) is 3.13. The molecule has 0 N–H and O–H groups in total. The molecule has 1 aromatic heterocycles. The van der Waals surface area contributed by atoms with Gasteiger partial charge in [0.15, 0.2) is 16.4 Å². The van der Waals surface area contributed by atoms with E-state index in [2.05, 4.69) is 0 Å². The molecule has 2 heterocycles. The molecule has 0 saturated heterocycles. The smallest absolute Gasteiger partial charge is 0.330 e. The Kier molecular flexibility index (Phi) is 4.63. The third-order valence-electron chi connectivity index (χ3n) is 4.13. The van der Waals surface area contributed by atoms with Crippen molar-refractivity contribution in [3.8, 4) is 11.5 Å². The van der Waals surface area contributed by atoms with Crippen LogP contribution in [0.3, 0.4) is 0 Å². The summed E-state index contributed by atoms with van der Waals surface area (Å²) >= 11 is 0. The van der Waals surface area contributed by atoms with Crippen LogP contribution in [-0.2, 0) is 24.1 Å². The molecule has 3 rings (SSSR count). The molecule has 1 atom stereocenters. The number of hydrogen-bond donors (Lipinski definition) is 0. The van der Waals surface area contributed by atoms with Gasteiger partial charge in [0, 0.05) is 27.3 Å². The predicted molar refractivity (Wildman–Crippen MR) is 93.1 cm³/mol. The Morgan fingerprint density at radius 3 is 2.54 bits per heavy atom. The van der Waals surface area contributed by atoms with Crippen molar-refractivity contribution in [3.63, 3.8) is 0 Å². The maximum atomic E-state index is 12.8. The molecule has 1 aromatic carbocycles. The summed E-state index contributed by atoms with van der Waals surface area (Å²) in [6.45, 7) is 0.171. The molecule has 0 radical (unpaired) electrons. The Morgan fingerprint density at radius 1 is 1.19 bits per heavy atom. The Labute approximate surface area is 150 Å². The van der Waals surface area contributed by atoms with Gasteiger partial charge in [0.1, 0.15) is 12.7 Å². The van der Waals surface area contributed by atoms with Crippen molar-refractivity contribution >= 4 is 10.0 Å². The average Bonchev–Trinajstić information content (AvgIpc) is 2.62. The van der Waals surface area contributed by atoms with Gasteiger partial charge >= 0.3 is 5.69 Å². The van der Waals surface area contributed by atoms with Crippen LogP contribution in [0.5, 0.6) is 11.5 Å². The molecule has 140 valence electrons. The highest BCUT2D eigenvalue weighted by Crippen LogP contribution is 2.31.